The number of benzene rings is 2. The maximum absolute atomic E-state index is 12.7. The van der Waals surface area contributed by atoms with Gasteiger partial charge in [-0.2, -0.15) is 9.78 Å². The van der Waals surface area contributed by atoms with Gasteiger partial charge in [0.15, 0.2) is 0 Å². The van der Waals surface area contributed by atoms with Gasteiger partial charge in [-0.05, 0) is 36.8 Å². The Labute approximate surface area is 157 Å². The summed E-state index contributed by atoms with van der Waals surface area (Å²) in [4.78, 5) is 14.6. The van der Waals surface area contributed by atoms with Gasteiger partial charge in [-0.3, -0.25) is 4.79 Å². The molecule has 0 spiro atoms. The summed E-state index contributed by atoms with van der Waals surface area (Å²) in [6, 6.07) is 17.0. The molecule has 0 amide bonds. The third kappa shape index (κ3) is 3.44. The molecule has 0 fully saturated rings. The van der Waals surface area contributed by atoms with Crippen molar-refractivity contribution in [3.05, 3.63) is 81.7 Å². The lowest BCUT2D eigenvalue weighted by Gasteiger charge is -2.28. The van der Waals surface area contributed by atoms with Crippen molar-refractivity contribution >= 4 is 17.3 Å². The number of aromatic nitrogens is 2. The third-order valence-corrected chi connectivity index (χ3v) is 4.82. The van der Waals surface area contributed by atoms with Crippen LogP contribution in [0, 0.1) is 0 Å². The van der Waals surface area contributed by atoms with Crippen LogP contribution in [0.4, 0.5) is 5.69 Å². The van der Waals surface area contributed by atoms with Crippen LogP contribution >= 0.6 is 11.6 Å². The fourth-order valence-corrected chi connectivity index (χ4v) is 3.00. The van der Waals surface area contributed by atoms with Crippen molar-refractivity contribution in [1.29, 1.82) is 0 Å². The largest absolute Gasteiger partial charge is 0.497 e. The van der Waals surface area contributed by atoms with Crippen LogP contribution in [0.1, 0.15) is 18.5 Å². The zero-order chi connectivity index (χ0) is 18.7. The molecule has 0 saturated heterocycles. The molecule has 0 aliphatic carbocycles. The second-order valence-electron chi connectivity index (χ2n) is 5.96. The highest BCUT2D eigenvalue weighted by atomic mass is 35.5. The fourth-order valence-electron chi connectivity index (χ4n) is 2.74. The maximum atomic E-state index is 12.7. The molecule has 0 aliphatic heterocycles. The molecule has 2 aromatic carbocycles. The number of halogens is 1. The van der Waals surface area contributed by atoms with Gasteiger partial charge >= 0.3 is 0 Å². The van der Waals surface area contributed by atoms with Crippen LogP contribution in [-0.2, 0) is 0 Å². The Bertz CT molecular complexity index is 940. The predicted octanol–water partition coefficient (Wildman–Crippen LogP) is 4.09. The topological polar surface area (TPSA) is 47.4 Å². The minimum absolute atomic E-state index is 0.00665. The first kappa shape index (κ1) is 18.0. The van der Waals surface area contributed by atoms with Gasteiger partial charge < -0.3 is 9.64 Å². The molecule has 1 aromatic heterocycles. The fraction of sp³-hybridized carbons (Fsp3) is 0.200. The van der Waals surface area contributed by atoms with Crippen molar-refractivity contribution in [3.63, 3.8) is 0 Å². The van der Waals surface area contributed by atoms with Crippen LogP contribution in [0.3, 0.4) is 0 Å². The van der Waals surface area contributed by atoms with Crippen LogP contribution < -0.4 is 15.2 Å². The summed E-state index contributed by atoms with van der Waals surface area (Å²) in [5, 5.41) is 4.44. The minimum Gasteiger partial charge on any atom is -0.497 e. The molecule has 26 heavy (non-hydrogen) atoms. The van der Waals surface area contributed by atoms with Crippen molar-refractivity contribution in [2.24, 2.45) is 0 Å². The van der Waals surface area contributed by atoms with Crippen LogP contribution in [0.25, 0.3) is 5.69 Å². The Morgan fingerprint density at radius 2 is 1.77 bits per heavy atom. The van der Waals surface area contributed by atoms with Gasteiger partial charge in [0, 0.05) is 7.05 Å². The van der Waals surface area contributed by atoms with E-state index in [9.17, 15) is 4.79 Å². The van der Waals surface area contributed by atoms with E-state index in [1.54, 1.807) is 13.3 Å². The number of rotatable bonds is 5. The van der Waals surface area contributed by atoms with E-state index < -0.39 is 0 Å². The van der Waals surface area contributed by atoms with E-state index in [2.05, 4.69) is 5.10 Å². The summed E-state index contributed by atoms with van der Waals surface area (Å²) in [5.41, 5.74) is 2.00. The van der Waals surface area contributed by atoms with Gasteiger partial charge in [-0.15, -0.1) is 0 Å². The van der Waals surface area contributed by atoms with Gasteiger partial charge in [-0.25, -0.2) is 0 Å². The van der Waals surface area contributed by atoms with Gasteiger partial charge in [0.05, 0.1) is 30.7 Å². The van der Waals surface area contributed by atoms with Crippen LogP contribution in [0.15, 0.2) is 65.6 Å². The molecule has 0 saturated carbocycles. The van der Waals surface area contributed by atoms with E-state index in [0.29, 0.717) is 11.4 Å². The summed E-state index contributed by atoms with van der Waals surface area (Å²) >= 11 is 6.39. The van der Waals surface area contributed by atoms with Crippen molar-refractivity contribution < 1.29 is 4.74 Å². The average Bonchev–Trinajstić information content (AvgIpc) is 2.69. The molecule has 3 aromatic rings. The number of ether oxygens (including phenoxy) is 1. The first-order valence-electron chi connectivity index (χ1n) is 8.23. The molecule has 1 heterocycles. The highest BCUT2D eigenvalue weighted by Crippen LogP contribution is 2.29. The monoisotopic (exact) mass is 369 g/mol. The molecule has 0 N–H and O–H groups in total. The summed E-state index contributed by atoms with van der Waals surface area (Å²) in [6.07, 6.45) is 1.62. The normalized spacial score (nSPS) is 11.8. The van der Waals surface area contributed by atoms with E-state index in [4.69, 9.17) is 16.3 Å². The first-order valence-corrected chi connectivity index (χ1v) is 8.60. The van der Waals surface area contributed by atoms with Gasteiger partial charge in [-0.1, -0.05) is 41.9 Å². The van der Waals surface area contributed by atoms with Gasteiger partial charge in [0.25, 0.3) is 5.56 Å². The zero-order valence-corrected chi connectivity index (χ0v) is 15.6. The lowest BCUT2D eigenvalue weighted by atomic mass is 10.1. The molecule has 0 radical (unpaired) electrons. The molecular weight excluding hydrogens is 350 g/mol. The average molecular weight is 370 g/mol. The summed E-state index contributed by atoms with van der Waals surface area (Å²) in [6.45, 7) is 2.04. The van der Waals surface area contributed by atoms with Crippen LogP contribution in [-0.4, -0.2) is 23.9 Å². The van der Waals surface area contributed by atoms with E-state index >= 15 is 0 Å². The summed E-state index contributed by atoms with van der Waals surface area (Å²) < 4.78 is 6.50. The molecule has 5 nitrogen and oxygen atoms in total. The Morgan fingerprint density at radius 1 is 1.12 bits per heavy atom. The molecular formula is C20H20ClN3O2. The SMILES string of the molecule is COc1ccc(C(C)N(C)c2cnn(-c3ccccc3)c(=O)c2Cl)cc1. The smallest absolute Gasteiger partial charge is 0.292 e. The summed E-state index contributed by atoms with van der Waals surface area (Å²) in [7, 11) is 3.53. The molecule has 3 rings (SSSR count). The number of hydrogen-bond donors (Lipinski definition) is 0. The zero-order valence-electron chi connectivity index (χ0n) is 14.9. The van der Waals surface area contributed by atoms with Crippen LogP contribution in [0.5, 0.6) is 5.75 Å². The van der Waals surface area contributed by atoms with E-state index in [0.717, 1.165) is 11.3 Å². The van der Waals surface area contributed by atoms with E-state index in [1.165, 1.54) is 4.68 Å². The van der Waals surface area contributed by atoms with E-state index in [1.807, 2.05) is 73.5 Å². The second kappa shape index (κ2) is 7.62. The number of hydrogen-bond acceptors (Lipinski definition) is 4. The Morgan fingerprint density at radius 3 is 2.38 bits per heavy atom. The lowest BCUT2D eigenvalue weighted by Crippen LogP contribution is -2.28. The van der Waals surface area contributed by atoms with Gasteiger partial charge in [0.1, 0.15) is 10.8 Å². The molecule has 134 valence electrons. The second-order valence-corrected chi connectivity index (χ2v) is 6.33. The van der Waals surface area contributed by atoms with Crippen molar-refractivity contribution in [2.45, 2.75) is 13.0 Å². The maximum Gasteiger partial charge on any atom is 0.292 e. The quantitative estimate of drug-likeness (QED) is 0.679. The molecule has 1 unspecified atom stereocenters. The minimum atomic E-state index is -0.343. The highest BCUT2D eigenvalue weighted by Gasteiger charge is 2.19. The number of para-hydroxylation sites is 1. The third-order valence-electron chi connectivity index (χ3n) is 4.46. The number of methoxy groups -OCH3 is 1. The van der Waals surface area contributed by atoms with Gasteiger partial charge in [0.2, 0.25) is 0 Å². The van der Waals surface area contributed by atoms with Crippen molar-refractivity contribution in [1.82, 2.24) is 9.78 Å². The number of nitrogens with zero attached hydrogens (tertiary/aromatic N) is 3. The number of anilines is 1. The highest BCUT2D eigenvalue weighted by molar-refractivity contribution is 6.33. The molecule has 0 aliphatic rings. The van der Waals surface area contributed by atoms with Crippen molar-refractivity contribution in [2.75, 3.05) is 19.1 Å². The predicted molar refractivity (Wildman–Crippen MR) is 105 cm³/mol. The summed E-state index contributed by atoms with van der Waals surface area (Å²) in [5.74, 6) is 0.800. The lowest BCUT2D eigenvalue weighted by molar-refractivity contribution is 0.414. The molecule has 0 bridgehead atoms. The van der Waals surface area contributed by atoms with E-state index in [-0.39, 0.29) is 16.6 Å². The molecule has 6 heteroatoms. The first-order chi connectivity index (χ1) is 12.5. The van der Waals surface area contributed by atoms with Crippen molar-refractivity contribution in [3.8, 4) is 11.4 Å². The molecule has 1 atom stereocenters. The Hall–Kier alpha value is -2.79. The van der Waals surface area contributed by atoms with Crippen LogP contribution in [0.2, 0.25) is 5.02 Å². The Balaban J connectivity index is 1.93. The standard InChI is InChI=1S/C20H20ClN3O2/c1-14(15-9-11-17(26-3)12-10-15)23(2)18-13-22-24(20(25)19(18)21)16-7-5-4-6-8-16/h4-14H,1-3H3. The Kier molecular flexibility index (Phi) is 5.28.